The molecule has 0 spiro atoms. The van der Waals surface area contributed by atoms with E-state index in [9.17, 15) is 8.42 Å². The Morgan fingerprint density at radius 2 is 1.95 bits per heavy atom. The fourth-order valence-corrected chi connectivity index (χ4v) is 3.27. The van der Waals surface area contributed by atoms with E-state index in [-0.39, 0.29) is 0 Å². The Balaban J connectivity index is 2.69. The molecule has 20 heavy (non-hydrogen) atoms. The fraction of sp³-hybridized carbons (Fsp3) is 0.600. The Kier molecular flexibility index (Phi) is 6.65. The van der Waals surface area contributed by atoms with E-state index >= 15 is 0 Å². The Morgan fingerprint density at radius 3 is 2.55 bits per heavy atom. The van der Waals surface area contributed by atoms with E-state index in [1.807, 2.05) is 31.2 Å². The zero-order valence-corrected chi connectivity index (χ0v) is 13.7. The third-order valence-electron chi connectivity index (χ3n) is 3.46. The minimum Gasteiger partial charge on any atom is -0.315 e. The molecule has 0 saturated heterocycles. The number of hydrogen-bond acceptors (Lipinski definition) is 3. The molecular formula is C15H26N2O2S. The maximum Gasteiger partial charge on any atom is 0.218 e. The molecule has 0 saturated carbocycles. The van der Waals surface area contributed by atoms with Gasteiger partial charge < -0.3 is 5.32 Å². The molecule has 114 valence electrons. The van der Waals surface area contributed by atoms with E-state index in [0.717, 1.165) is 24.1 Å². The molecule has 0 heterocycles. The number of sulfonamides is 1. The second-order valence-corrected chi connectivity index (χ2v) is 7.70. The molecule has 0 fully saturated rings. The van der Waals surface area contributed by atoms with Gasteiger partial charge >= 0.3 is 0 Å². The number of nitrogens with one attached hydrogen (secondary N) is 1. The lowest BCUT2D eigenvalue weighted by atomic mass is 10.1. The molecule has 4 nitrogen and oxygen atoms in total. The first kappa shape index (κ1) is 17.1. The monoisotopic (exact) mass is 298 g/mol. The van der Waals surface area contributed by atoms with Crippen molar-refractivity contribution in [3.05, 3.63) is 35.4 Å². The van der Waals surface area contributed by atoms with Crippen molar-refractivity contribution in [2.45, 2.75) is 39.0 Å². The normalized spacial score (nSPS) is 13.7. The van der Waals surface area contributed by atoms with Gasteiger partial charge in [0.15, 0.2) is 0 Å². The first-order chi connectivity index (χ1) is 9.39. The van der Waals surface area contributed by atoms with Gasteiger partial charge in [-0.05, 0) is 37.9 Å². The van der Waals surface area contributed by atoms with Crippen molar-refractivity contribution >= 4 is 10.0 Å². The van der Waals surface area contributed by atoms with Crippen LogP contribution in [0.2, 0.25) is 0 Å². The Labute approximate surface area is 123 Å². The van der Waals surface area contributed by atoms with Crippen molar-refractivity contribution in [2.75, 3.05) is 20.1 Å². The van der Waals surface area contributed by atoms with E-state index in [4.69, 9.17) is 0 Å². The van der Waals surface area contributed by atoms with Crippen molar-refractivity contribution in [1.29, 1.82) is 0 Å². The fourth-order valence-electron chi connectivity index (χ4n) is 2.01. The number of benzene rings is 1. The summed E-state index contributed by atoms with van der Waals surface area (Å²) in [5.74, 6) is 0. The molecule has 1 aromatic carbocycles. The van der Waals surface area contributed by atoms with Crippen LogP contribution in [0.1, 0.15) is 31.4 Å². The third-order valence-corrected chi connectivity index (χ3v) is 5.64. The van der Waals surface area contributed by atoms with Gasteiger partial charge in [0.05, 0.1) is 5.25 Å². The number of hydrogen-bond donors (Lipinski definition) is 1. The Bertz CT molecular complexity index is 514. The van der Waals surface area contributed by atoms with E-state index in [2.05, 4.69) is 12.2 Å². The summed E-state index contributed by atoms with van der Waals surface area (Å²) >= 11 is 0. The summed E-state index contributed by atoms with van der Waals surface area (Å²) in [5.41, 5.74) is 2.17. The Morgan fingerprint density at radius 1 is 1.30 bits per heavy atom. The van der Waals surface area contributed by atoms with Crippen LogP contribution in [-0.2, 0) is 16.6 Å². The highest BCUT2D eigenvalue weighted by molar-refractivity contribution is 7.89. The van der Waals surface area contributed by atoms with Crippen LogP contribution in [0.3, 0.4) is 0 Å². The lowest BCUT2D eigenvalue weighted by Gasteiger charge is -2.23. The zero-order valence-electron chi connectivity index (χ0n) is 12.9. The largest absolute Gasteiger partial charge is 0.315 e. The third kappa shape index (κ3) is 4.58. The zero-order chi connectivity index (χ0) is 15.2. The van der Waals surface area contributed by atoms with Gasteiger partial charge in [-0.25, -0.2) is 12.7 Å². The van der Waals surface area contributed by atoms with Gasteiger partial charge in [-0.3, -0.25) is 0 Å². The molecule has 1 rings (SSSR count). The van der Waals surface area contributed by atoms with Gasteiger partial charge in [-0.15, -0.1) is 0 Å². The van der Waals surface area contributed by atoms with Crippen LogP contribution in [0.4, 0.5) is 0 Å². The molecule has 0 aliphatic rings. The molecule has 0 amide bonds. The van der Waals surface area contributed by atoms with Crippen LogP contribution < -0.4 is 5.32 Å². The van der Waals surface area contributed by atoms with E-state index in [1.54, 1.807) is 14.0 Å². The lowest BCUT2D eigenvalue weighted by molar-refractivity contribution is 0.453. The van der Waals surface area contributed by atoms with Crippen LogP contribution in [0.25, 0.3) is 0 Å². The maximum absolute atomic E-state index is 12.4. The number of nitrogens with zero attached hydrogens (tertiary/aromatic N) is 1. The lowest BCUT2D eigenvalue weighted by Crippen LogP contribution is -2.40. The summed E-state index contributed by atoms with van der Waals surface area (Å²) in [7, 11) is -1.61. The van der Waals surface area contributed by atoms with Crippen molar-refractivity contribution in [1.82, 2.24) is 9.62 Å². The number of aryl methyl sites for hydroxylation is 1. The van der Waals surface area contributed by atoms with Gasteiger partial charge in [0.2, 0.25) is 10.0 Å². The quantitative estimate of drug-likeness (QED) is 0.748. The molecule has 0 bridgehead atoms. The topological polar surface area (TPSA) is 49.4 Å². The average molecular weight is 298 g/mol. The summed E-state index contributed by atoms with van der Waals surface area (Å²) < 4.78 is 26.3. The molecule has 0 aliphatic carbocycles. The smallest absolute Gasteiger partial charge is 0.218 e. The first-order valence-corrected chi connectivity index (χ1v) is 8.60. The minimum atomic E-state index is -3.26. The van der Waals surface area contributed by atoms with Gasteiger partial charge in [0.1, 0.15) is 0 Å². The molecule has 0 aliphatic heterocycles. The molecule has 0 radical (unpaired) electrons. The molecule has 1 N–H and O–H groups in total. The first-order valence-electron chi connectivity index (χ1n) is 7.10. The van der Waals surface area contributed by atoms with E-state index in [1.165, 1.54) is 4.31 Å². The Hall–Kier alpha value is -0.910. The van der Waals surface area contributed by atoms with Crippen LogP contribution in [0.5, 0.6) is 0 Å². The summed E-state index contributed by atoms with van der Waals surface area (Å²) in [6.07, 6.45) is 1.01. The second kappa shape index (κ2) is 7.76. The van der Waals surface area contributed by atoms with Crippen LogP contribution in [0.15, 0.2) is 24.3 Å². The van der Waals surface area contributed by atoms with Gasteiger partial charge in [0.25, 0.3) is 0 Å². The molecule has 0 aromatic heterocycles. The highest BCUT2D eigenvalue weighted by Crippen LogP contribution is 2.14. The summed E-state index contributed by atoms with van der Waals surface area (Å²) in [6.45, 7) is 7.59. The standard InChI is InChI=1S/C15H26N2O2S/c1-5-10-16-11-14(3)20(18,19)17(4)12-15-9-7-6-8-13(15)2/h6-9,14,16H,5,10-12H2,1-4H3. The second-order valence-electron chi connectivity index (χ2n) is 5.24. The van der Waals surface area contributed by atoms with Crippen molar-refractivity contribution in [2.24, 2.45) is 0 Å². The highest BCUT2D eigenvalue weighted by atomic mass is 32.2. The number of rotatable bonds is 8. The highest BCUT2D eigenvalue weighted by Gasteiger charge is 2.25. The molecule has 1 atom stereocenters. The van der Waals surface area contributed by atoms with Crippen LogP contribution >= 0.6 is 0 Å². The average Bonchev–Trinajstić information content (AvgIpc) is 2.41. The predicted molar refractivity (Wildman–Crippen MR) is 84.2 cm³/mol. The van der Waals surface area contributed by atoms with Gasteiger partial charge in [-0.2, -0.15) is 0 Å². The molecule has 1 unspecified atom stereocenters. The maximum atomic E-state index is 12.4. The molecule has 5 heteroatoms. The van der Waals surface area contributed by atoms with E-state index < -0.39 is 15.3 Å². The summed E-state index contributed by atoms with van der Waals surface area (Å²) in [6, 6.07) is 7.88. The van der Waals surface area contributed by atoms with E-state index in [0.29, 0.717) is 13.1 Å². The van der Waals surface area contributed by atoms with Crippen LogP contribution in [0, 0.1) is 6.92 Å². The SMILES string of the molecule is CCCNCC(C)S(=O)(=O)N(C)Cc1ccccc1C. The minimum absolute atomic E-state index is 0.414. The van der Waals surface area contributed by atoms with Crippen LogP contribution in [-0.4, -0.2) is 38.1 Å². The molecule has 1 aromatic rings. The summed E-state index contributed by atoms with van der Waals surface area (Å²) in [5, 5.41) is 2.75. The molecular weight excluding hydrogens is 272 g/mol. The van der Waals surface area contributed by atoms with Gasteiger partial charge in [-0.1, -0.05) is 31.2 Å². The van der Waals surface area contributed by atoms with Crippen molar-refractivity contribution < 1.29 is 8.42 Å². The van der Waals surface area contributed by atoms with Crippen molar-refractivity contribution in [3.63, 3.8) is 0 Å². The summed E-state index contributed by atoms with van der Waals surface area (Å²) in [4.78, 5) is 0. The van der Waals surface area contributed by atoms with Crippen molar-refractivity contribution in [3.8, 4) is 0 Å². The van der Waals surface area contributed by atoms with Gasteiger partial charge in [0, 0.05) is 20.1 Å². The predicted octanol–water partition coefficient (Wildman–Crippen LogP) is 2.14.